The summed E-state index contributed by atoms with van der Waals surface area (Å²) in [5.74, 6) is -13.8. The van der Waals surface area contributed by atoms with E-state index in [0.717, 1.165) is 0 Å². The van der Waals surface area contributed by atoms with Gasteiger partial charge < -0.3 is 10.8 Å². The van der Waals surface area contributed by atoms with Crippen LogP contribution in [0.3, 0.4) is 0 Å². The number of amides is 1. The zero-order valence-corrected chi connectivity index (χ0v) is 15.2. The van der Waals surface area contributed by atoms with Gasteiger partial charge in [-0.05, 0) is 5.46 Å². The Hall–Kier alpha value is -2.18. The molecule has 0 aliphatic rings. The highest BCUT2D eigenvalue weighted by molar-refractivity contribution is 6.59. The lowest BCUT2D eigenvalue weighted by molar-refractivity contribution is -0.488. The van der Waals surface area contributed by atoms with E-state index in [1.807, 2.05) is 0 Å². The minimum Gasteiger partial charge on any atom is -0.422 e. The van der Waals surface area contributed by atoms with Crippen molar-refractivity contribution in [1.82, 2.24) is 5.48 Å². The van der Waals surface area contributed by atoms with E-state index in [1.54, 1.807) is 5.48 Å². The first-order valence-corrected chi connectivity index (χ1v) is 8.01. The molecule has 32 heavy (non-hydrogen) atoms. The summed E-state index contributed by atoms with van der Waals surface area (Å²) in [6, 6.07) is 0.801. The summed E-state index contributed by atoms with van der Waals surface area (Å²) in [6.07, 6.45) is -20.9. The molecule has 1 amide bonds. The molecular formula is C14H12BF11N2O4. The van der Waals surface area contributed by atoms with Crippen LogP contribution in [0.15, 0.2) is 24.3 Å². The van der Waals surface area contributed by atoms with Crippen molar-refractivity contribution in [3.63, 3.8) is 0 Å². The third-order valence-corrected chi connectivity index (χ3v) is 3.58. The lowest BCUT2D eigenvalue weighted by Gasteiger charge is -2.35. The van der Waals surface area contributed by atoms with Crippen LogP contribution >= 0.6 is 0 Å². The van der Waals surface area contributed by atoms with Gasteiger partial charge in [-0.15, -0.1) is 0 Å². The summed E-state index contributed by atoms with van der Waals surface area (Å²) in [7, 11) is -2.09. The highest BCUT2D eigenvalue weighted by Crippen LogP contribution is 2.53. The number of benzene rings is 1. The van der Waals surface area contributed by atoms with Gasteiger partial charge in [0.15, 0.2) is 0 Å². The summed E-state index contributed by atoms with van der Waals surface area (Å²) in [4.78, 5) is 11.1. The van der Waals surface area contributed by atoms with Gasteiger partial charge in [0.05, 0.1) is 0 Å². The molecule has 0 fully saturated rings. The molecule has 4 N–H and O–H groups in total. The van der Waals surface area contributed by atoms with Crippen LogP contribution in [-0.4, -0.2) is 49.0 Å². The first-order chi connectivity index (χ1) is 14.3. The van der Waals surface area contributed by atoms with Crippen molar-refractivity contribution in [3.05, 3.63) is 29.8 Å². The van der Waals surface area contributed by atoms with Crippen LogP contribution in [-0.2, 0) is 20.1 Å². The van der Waals surface area contributed by atoms with E-state index in [0.29, 0.717) is 12.1 Å². The number of nitrogens with one attached hydrogen (secondary N) is 1. The average molecular weight is 492 g/mol. The Morgan fingerprint density at radius 3 is 1.84 bits per heavy atom. The maximum absolute atomic E-state index is 14.4. The number of carbonyl (C=O) groups excluding carboxylic acids is 1. The molecule has 0 heterocycles. The van der Waals surface area contributed by atoms with Crippen LogP contribution in [0, 0.1) is 0 Å². The number of hydrogen-bond donors (Lipinski definition) is 3. The predicted molar refractivity (Wildman–Crippen MR) is 82.8 cm³/mol. The smallest absolute Gasteiger partial charge is 0.422 e. The number of alkyl halides is 11. The summed E-state index contributed by atoms with van der Waals surface area (Å²) >= 11 is 0. The molecule has 1 rings (SSSR count). The van der Waals surface area contributed by atoms with E-state index in [2.05, 4.69) is 9.49 Å². The molecule has 182 valence electrons. The second-order valence-electron chi connectivity index (χ2n) is 5.94. The Labute approximate surface area is 171 Å². The van der Waals surface area contributed by atoms with Gasteiger partial charge in [0.25, 0.3) is 0 Å². The van der Waals surface area contributed by atoms with E-state index in [-0.39, 0.29) is 25.1 Å². The Morgan fingerprint density at radius 2 is 1.44 bits per heavy atom. The fraction of sp³-hybridized carbons (Fsp3) is 0.500. The summed E-state index contributed by atoms with van der Waals surface area (Å²) in [5.41, 5.74) is 4.25. The Morgan fingerprint density at radius 1 is 0.938 bits per heavy atom. The largest absolute Gasteiger partial charge is 0.514 e. The number of carbonyl (C=O) groups is 1. The maximum Gasteiger partial charge on any atom is 0.514 e. The van der Waals surface area contributed by atoms with Crippen molar-refractivity contribution in [2.24, 2.45) is 5.73 Å². The van der Waals surface area contributed by atoms with Crippen LogP contribution in [0.5, 0.6) is 0 Å². The maximum atomic E-state index is 14.4. The first-order valence-electron chi connectivity index (χ1n) is 8.01. The molecule has 0 spiro atoms. The van der Waals surface area contributed by atoms with Crippen molar-refractivity contribution in [2.75, 3.05) is 6.54 Å². The van der Waals surface area contributed by atoms with Gasteiger partial charge in [0.2, 0.25) is 5.91 Å². The first kappa shape index (κ1) is 27.9. The zero-order valence-electron chi connectivity index (χ0n) is 15.2. The second-order valence-corrected chi connectivity index (χ2v) is 5.94. The average Bonchev–Trinajstić information content (AvgIpc) is 2.64. The fourth-order valence-electron chi connectivity index (χ4n) is 1.92. The molecule has 1 aromatic carbocycles. The lowest BCUT2D eigenvalue weighted by Crippen LogP contribution is -2.58. The van der Waals surface area contributed by atoms with E-state index < -0.39 is 54.3 Å². The highest BCUT2D eigenvalue weighted by Gasteiger charge is 2.78. The van der Waals surface area contributed by atoms with Crippen molar-refractivity contribution in [2.45, 2.75) is 36.7 Å². The molecule has 18 heteroatoms. The van der Waals surface area contributed by atoms with Crippen molar-refractivity contribution >= 4 is 18.5 Å². The molecule has 1 unspecified atom stereocenters. The van der Waals surface area contributed by atoms with Crippen molar-refractivity contribution in [1.29, 1.82) is 0 Å². The molecule has 6 nitrogen and oxygen atoms in total. The van der Waals surface area contributed by atoms with Gasteiger partial charge in [-0.1, -0.05) is 24.3 Å². The summed E-state index contributed by atoms with van der Waals surface area (Å²) in [6.45, 7) is -0.117. The van der Waals surface area contributed by atoms with Crippen LogP contribution in [0.2, 0.25) is 0 Å². The minimum absolute atomic E-state index is 0.00107. The monoisotopic (exact) mass is 492 g/mol. The van der Waals surface area contributed by atoms with E-state index in [4.69, 9.17) is 5.73 Å². The molecule has 0 bridgehead atoms. The Bertz CT molecular complexity index is 788. The molecular weight excluding hydrogens is 480 g/mol. The second kappa shape index (κ2) is 9.36. The van der Waals surface area contributed by atoms with Crippen LogP contribution in [0.1, 0.15) is 12.0 Å². The highest BCUT2D eigenvalue weighted by atomic mass is 19.4. The van der Waals surface area contributed by atoms with E-state index >= 15 is 0 Å². The van der Waals surface area contributed by atoms with Gasteiger partial charge in [0, 0.05) is 18.5 Å². The summed E-state index contributed by atoms with van der Waals surface area (Å²) < 4.78 is 149. The molecule has 0 radical (unpaired) electrons. The fourth-order valence-corrected chi connectivity index (χ4v) is 1.92. The minimum atomic E-state index is -7.19. The number of ether oxygens (including phenoxy) is 1. The Kier molecular flexibility index (Phi) is 8.15. The number of halogens is 11. The number of hydroxylamine groups is 1. The Balaban J connectivity index is 3.22. The van der Waals surface area contributed by atoms with Crippen LogP contribution in [0.4, 0.5) is 48.3 Å². The molecule has 0 saturated carbocycles. The van der Waals surface area contributed by atoms with Crippen LogP contribution in [0.25, 0.3) is 0 Å². The lowest BCUT2D eigenvalue weighted by atomic mass is 9.79. The topological polar surface area (TPSA) is 93.8 Å². The van der Waals surface area contributed by atoms with Gasteiger partial charge in [-0.3, -0.25) is 14.3 Å². The quantitative estimate of drug-likeness (QED) is 0.280. The van der Waals surface area contributed by atoms with Crippen LogP contribution < -0.4 is 16.7 Å². The summed E-state index contributed by atoms with van der Waals surface area (Å²) in [5, 5.41) is 9.61. The van der Waals surface area contributed by atoms with Crippen molar-refractivity contribution in [3.8, 4) is 0 Å². The molecule has 0 aromatic heterocycles. The van der Waals surface area contributed by atoms with Gasteiger partial charge in [-0.25, -0.2) is 5.48 Å². The zero-order chi connectivity index (χ0) is 25.2. The van der Waals surface area contributed by atoms with E-state index in [1.165, 1.54) is 0 Å². The van der Waals surface area contributed by atoms with Gasteiger partial charge in [0.1, 0.15) is 0 Å². The van der Waals surface area contributed by atoms with Gasteiger partial charge >= 0.3 is 37.4 Å². The third-order valence-electron chi connectivity index (χ3n) is 3.58. The van der Waals surface area contributed by atoms with E-state index in [9.17, 15) is 58.1 Å². The number of hydrogen-bond acceptors (Lipinski definition) is 5. The van der Waals surface area contributed by atoms with Gasteiger partial charge in [-0.2, -0.15) is 48.3 Å². The third kappa shape index (κ3) is 5.79. The SMILES string of the molecule is NCCC(=O)NOB(O)c1ccc(C(F)(OC(F)(F)C(F)(F)C(F)(F)F)C(F)(F)F)cc1. The molecule has 1 aromatic rings. The molecule has 0 saturated heterocycles. The molecule has 1 atom stereocenters. The molecule has 0 aliphatic carbocycles. The number of rotatable bonds is 9. The van der Waals surface area contributed by atoms with Crippen molar-refractivity contribution < 1.29 is 67.6 Å². The molecule has 0 aliphatic heterocycles. The standard InChI is InChI=1S/C14H12BF11N2O4/c16-10(12(19,20)21,31-14(25,26)11(17,18)13(22,23)24)7-1-3-8(4-2-7)15(30)32-28-9(29)5-6-27/h1-4,30H,5-6,27H2,(H,28,29). The number of nitrogens with two attached hydrogens (primary N) is 1. The predicted octanol–water partition coefficient (Wildman–Crippen LogP) is 2.26. The normalized spacial score (nSPS) is 15.3.